The molecule has 1 N–H and O–H groups in total. The van der Waals surface area contributed by atoms with E-state index in [4.69, 9.17) is 9.47 Å². The average Bonchev–Trinajstić information content (AvgIpc) is 3.49. The highest BCUT2D eigenvalue weighted by Crippen LogP contribution is 2.41. The van der Waals surface area contributed by atoms with Crippen LogP contribution in [0, 0.1) is 0 Å². The maximum atomic E-state index is 12.6. The molecule has 0 spiro atoms. The Hall–Kier alpha value is -3.96. The highest BCUT2D eigenvalue weighted by Gasteiger charge is 2.27. The number of benzene rings is 3. The van der Waals surface area contributed by atoms with Gasteiger partial charge in [0.1, 0.15) is 33.2 Å². The van der Waals surface area contributed by atoms with E-state index in [1.807, 2.05) is 18.2 Å². The molecule has 0 saturated heterocycles. The number of carbonyl (C=O) groups excluding carboxylic acids is 2. The van der Waals surface area contributed by atoms with E-state index < -0.39 is 20.8 Å². The summed E-state index contributed by atoms with van der Waals surface area (Å²) in [5.41, 5.74) is 3.23. The second-order valence-electron chi connectivity index (χ2n) is 9.72. The zero-order valence-electron chi connectivity index (χ0n) is 22.0. The van der Waals surface area contributed by atoms with Crippen molar-refractivity contribution in [2.24, 2.45) is 0 Å². The number of ether oxygens (including phenoxy) is 2. The molecule has 1 aliphatic heterocycles. The second-order valence-corrected chi connectivity index (χ2v) is 13.2. The van der Waals surface area contributed by atoms with Gasteiger partial charge in [-0.3, -0.25) is 14.3 Å². The summed E-state index contributed by atoms with van der Waals surface area (Å²) in [6.07, 6.45) is 3.88. The van der Waals surface area contributed by atoms with E-state index in [2.05, 4.69) is 4.72 Å². The summed E-state index contributed by atoms with van der Waals surface area (Å²) in [4.78, 5) is 25.9. The van der Waals surface area contributed by atoms with Crippen molar-refractivity contribution in [3.63, 3.8) is 0 Å². The minimum Gasteiger partial charge on any atom is -0.486 e. The van der Waals surface area contributed by atoms with Crippen LogP contribution in [0.4, 0.5) is 0 Å². The number of nitrogens with one attached hydrogen (secondary N) is 1. The molecule has 5 rings (SSSR count). The SMILES string of the molecule is CN(CCS(C)(=O)=O)C(=O)c1ccc(Oc2cccc3c2CC[C@H]3Oc2ccc(C3=CC(=O)NS3=O)cc2)cc1. The van der Waals surface area contributed by atoms with Gasteiger partial charge in [-0.25, -0.2) is 12.6 Å². The standard InChI is InChI=1S/C29H28N2O7S2/c1-31(16-17-40(2,35)36)29(33)20-8-12-22(13-9-20)37-25-5-3-4-23-24(25)14-15-26(23)38-21-10-6-19(7-11-21)27-18-28(32)30-39(27)34/h3-13,18,26H,14-17H2,1-2H3,(H,30,32)/t26-,39?/m1/s1. The summed E-state index contributed by atoms with van der Waals surface area (Å²) in [6, 6.07) is 19.8. The van der Waals surface area contributed by atoms with Crippen LogP contribution in [-0.4, -0.2) is 54.9 Å². The first kappa shape index (κ1) is 27.6. The molecule has 2 aliphatic rings. The van der Waals surface area contributed by atoms with E-state index in [-0.39, 0.29) is 30.2 Å². The molecule has 40 heavy (non-hydrogen) atoms. The normalized spacial score (nSPS) is 18.1. The van der Waals surface area contributed by atoms with E-state index in [9.17, 15) is 22.2 Å². The fourth-order valence-electron chi connectivity index (χ4n) is 4.62. The van der Waals surface area contributed by atoms with Gasteiger partial charge in [-0.1, -0.05) is 24.3 Å². The number of hydrogen-bond acceptors (Lipinski definition) is 7. The van der Waals surface area contributed by atoms with Crippen molar-refractivity contribution in [1.29, 1.82) is 0 Å². The quantitative estimate of drug-likeness (QED) is 0.409. The molecule has 3 aromatic carbocycles. The summed E-state index contributed by atoms with van der Waals surface area (Å²) >= 11 is 0. The fourth-order valence-corrected chi connectivity index (χ4v) is 6.14. The van der Waals surface area contributed by atoms with E-state index in [1.54, 1.807) is 55.6 Å². The minimum absolute atomic E-state index is 0.0914. The van der Waals surface area contributed by atoms with Crippen LogP contribution in [0.2, 0.25) is 0 Å². The number of fused-ring (bicyclic) bond motifs is 1. The summed E-state index contributed by atoms with van der Waals surface area (Å²) < 4.78 is 49.6. The van der Waals surface area contributed by atoms with E-state index in [0.29, 0.717) is 27.5 Å². The number of amides is 2. The molecule has 1 aliphatic carbocycles. The maximum Gasteiger partial charge on any atom is 0.257 e. The highest BCUT2D eigenvalue weighted by atomic mass is 32.2. The number of rotatable bonds is 9. The lowest BCUT2D eigenvalue weighted by molar-refractivity contribution is -0.114. The summed E-state index contributed by atoms with van der Waals surface area (Å²) in [5, 5.41) is 0. The Morgan fingerprint density at radius 2 is 1.75 bits per heavy atom. The molecule has 1 heterocycles. The molecule has 11 heteroatoms. The first-order valence-corrected chi connectivity index (χ1v) is 15.8. The molecule has 208 valence electrons. The van der Waals surface area contributed by atoms with E-state index >= 15 is 0 Å². The van der Waals surface area contributed by atoms with Crippen LogP contribution in [0.1, 0.15) is 39.6 Å². The van der Waals surface area contributed by atoms with Crippen LogP contribution in [0.25, 0.3) is 4.91 Å². The van der Waals surface area contributed by atoms with Crippen LogP contribution in [-0.2, 0) is 32.0 Å². The predicted octanol–water partition coefficient (Wildman–Crippen LogP) is 3.80. The average molecular weight is 581 g/mol. The van der Waals surface area contributed by atoms with Crippen molar-refractivity contribution in [1.82, 2.24) is 9.62 Å². The smallest absolute Gasteiger partial charge is 0.257 e. The molecular formula is C29H28N2O7S2. The Kier molecular flexibility index (Phi) is 7.77. The van der Waals surface area contributed by atoms with Gasteiger partial charge in [0.15, 0.2) is 11.0 Å². The van der Waals surface area contributed by atoms with Gasteiger partial charge in [-0.2, -0.15) is 0 Å². The van der Waals surface area contributed by atoms with Gasteiger partial charge in [0.2, 0.25) is 0 Å². The van der Waals surface area contributed by atoms with Crippen molar-refractivity contribution >= 4 is 37.5 Å². The third-order valence-electron chi connectivity index (χ3n) is 6.72. The van der Waals surface area contributed by atoms with E-state index in [0.717, 1.165) is 36.0 Å². The van der Waals surface area contributed by atoms with Crippen molar-refractivity contribution < 1.29 is 31.7 Å². The zero-order valence-corrected chi connectivity index (χ0v) is 23.6. The van der Waals surface area contributed by atoms with Gasteiger partial charge in [0.25, 0.3) is 11.8 Å². The molecule has 2 atom stereocenters. The topological polar surface area (TPSA) is 119 Å². The second kappa shape index (κ2) is 11.3. The fraction of sp³-hybridized carbons (Fsp3) is 0.241. The van der Waals surface area contributed by atoms with Crippen LogP contribution in [0.15, 0.2) is 72.8 Å². The van der Waals surface area contributed by atoms with Crippen molar-refractivity contribution in [3.05, 3.63) is 95.1 Å². The monoisotopic (exact) mass is 580 g/mol. The first-order chi connectivity index (χ1) is 19.1. The molecular weight excluding hydrogens is 552 g/mol. The molecule has 3 aromatic rings. The van der Waals surface area contributed by atoms with Gasteiger partial charge < -0.3 is 14.4 Å². The van der Waals surface area contributed by atoms with Crippen LogP contribution >= 0.6 is 0 Å². The van der Waals surface area contributed by atoms with Crippen molar-refractivity contribution in [3.8, 4) is 17.2 Å². The van der Waals surface area contributed by atoms with Gasteiger partial charge in [0.05, 0.1) is 10.7 Å². The molecule has 0 fully saturated rings. The summed E-state index contributed by atoms with van der Waals surface area (Å²) in [5.74, 6) is 1.24. The van der Waals surface area contributed by atoms with Gasteiger partial charge in [-0.15, -0.1) is 0 Å². The molecule has 2 amide bonds. The van der Waals surface area contributed by atoms with Crippen molar-refractivity contribution in [2.75, 3.05) is 25.6 Å². The molecule has 0 radical (unpaired) electrons. The molecule has 9 nitrogen and oxygen atoms in total. The largest absolute Gasteiger partial charge is 0.486 e. The molecule has 0 aromatic heterocycles. The van der Waals surface area contributed by atoms with Crippen LogP contribution in [0.5, 0.6) is 17.2 Å². The Balaban J connectivity index is 1.24. The third kappa shape index (κ3) is 6.26. The molecule has 0 saturated carbocycles. The Bertz CT molecular complexity index is 1620. The Labute approximate surface area is 235 Å². The number of hydrogen-bond donors (Lipinski definition) is 1. The minimum atomic E-state index is -3.16. The molecule has 0 bridgehead atoms. The lowest BCUT2D eigenvalue weighted by Crippen LogP contribution is -2.31. The highest BCUT2D eigenvalue weighted by molar-refractivity contribution is 7.94. The van der Waals surface area contributed by atoms with E-state index in [1.165, 1.54) is 11.0 Å². The predicted molar refractivity (Wildman–Crippen MR) is 152 cm³/mol. The number of nitrogens with zero attached hydrogens (tertiary/aromatic N) is 1. The third-order valence-corrected chi connectivity index (χ3v) is 8.78. The molecule has 1 unspecified atom stereocenters. The number of sulfone groups is 1. The van der Waals surface area contributed by atoms with Gasteiger partial charge >= 0.3 is 0 Å². The zero-order chi connectivity index (χ0) is 28.4. The van der Waals surface area contributed by atoms with Gasteiger partial charge in [0, 0.05) is 37.1 Å². The summed E-state index contributed by atoms with van der Waals surface area (Å²) in [6.45, 7) is 0.122. The maximum absolute atomic E-state index is 12.6. The lowest BCUT2D eigenvalue weighted by atomic mass is 10.1. The van der Waals surface area contributed by atoms with Crippen molar-refractivity contribution in [2.45, 2.75) is 18.9 Å². The Morgan fingerprint density at radius 1 is 1.05 bits per heavy atom. The Morgan fingerprint density at radius 3 is 2.40 bits per heavy atom. The van der Waals surface area contributed by atoms with Gasteiger partial charge in [-0.05, 0) is 66.4 Å². The van der Waals surface area contributed by atoms with Crippen LogP contribution in [0.3, 0.4) is 0 Å². The summed E-state index contributed by atoms with van der Waals surface area (Å²) in [7, 11) is -3.13. The number of carbonyl (C=O) groups is 2. The lowest BCUT2D eigenvalue weighted by Gasteiger charge is -2.17. The van der Waals surface area contributed by atoms with Crippen LogP contribution < -0.4 is 14.2 Å². The first-order valence-electron chi connectivity index (χ1n) is 12.6.